The van der Waals surface area contributed by atoms with E-state index in [1.807, 2.05) is 19.0 Å². The second-order valence-corrected chi connectivity index (χ2v) is 6.52. The maximum Gasteiger partial charge on any atom is 0.433 e. The Hall–Kier alpha value is -2.66. The number of rotatable bonds is 8. The van der Waals surface area contributed by atoms with Crippen LogP contribution in [-0.2, 0) is 6.18 Å². The molecule has 2 rings (SSSR count). The van der Waals surface area contributed by atoms with Gasteiger partial charge in [0.05, 0.1) is 4.92 Å². The molecule has 0 saturated heterocycles. The molecule has 152 valence electrons. The fraction of sp³-hybridized carbons (Fsp3) is 0.375. The quantitative estimate of drug-likeness (QED) is 0.377. The van der Waals surface area contributed by atoms with Crippen LogP contribution in [-0.4, -0.2) is 47.0 Å². The fourth-order valence-electron chi connectivity index (χ4n) is 2.24. The Kier molecular flexibility index (Phi) is 6.97. The molecule has 0 amide bonds. The highest BCUT2D eigenvalue weighted by Gasteiger charge is 2.34. The van der Waals surface area contributed by atoms with Gasteiger partial charge in [-0.15, -0.1) is 0 Å². The molecule has 1 aromatic heterocycles. The number of halogens is 4. The van der Waals surface area contributed by atoms with Crippen molar-refractivity contribution in [3.63, 3.8) is 0 Å². The standard InChI is InChI=1S/C16H18ClF3N6O2/c1-25(2)7-3-6-21-15-23-13(16(18,19)20)9-14(24-15)22-11-8-10(17)4-5-12(11)26(27)28/h4-5,8-9H,3,6-7H2,1-2H3,(H2,21,22,23,24). The van der Waals surface area contributed by atoms with Crippen molar-refractivity contribution in [2.75, 3.05) is 37.8 Å². The lowest BCUT2D eigenvalue weighted by molar-refractivity contribution is -0.383. The summed E-state index contributed by atoms with van der Waals surface area (Å²) in [5.74, 6) is -0.483. The van der Waals surface area contributed by atoms with E-state index in [4.69, 9.17) is 11.6 Å². The summed E-state index contributed by atoms with van der Waals surface area (Å²) in [5, 5.41) is 16.6. The zero-order chi connectivity index (χ0) is 20.9. The lowest BCUT2D eigenvalue weighted by Gasteiger charge is -2.14. The van der Waals surface area contributed by atoms with E-state index in [0.29, 0.717) is 19.0 Å². The molecule has 0 unspecified atom stereocenters. The first-order valence-corrected chi connectivity index (χ1v) is 8.50. The Labute approximate surface area is 163 Å². The lowest BCUT2D eigenvalue weighted by Crippen LogP contribution is -2.18. The molecule has 0 aliphatic rings. The van der Waals surface area contributed by atoms with Crippen molar-refractivity contribution in [3.8, 4) is 0 Å². The summed E-state index contributed by atoms with van der Waals surface area (Å²) in [5.41, 5.74) is -1.61. The third-order valence-electron chi connectivity index (χ3n) is 3.50. The first-order chi connectivity index (χ1) is 13.1. The number of nitro benzene ring substituents is 1. The molecule has 2 aromatic rings. The van der Waals surface area contributed by atoms with E-state index in [2.05, 4.69) is 20.6 Å². The third-order valence-corrected chi connectivity index (χ3v) is 3.73. The predicted octanol–water partition coefficient (Wildman–Crippen LogP) is 4.16. The van der Waals surface area contributed by atoms with Crippen molar-refractivity contribution >= 4 is 34.7 Å². The second-order valence-electron chi connectivity index (χ2n) is 6.09. The molecule has 8 nitrogen and oxygen atoms in total. The van der Waals surface area contributed by atoms with E-state index in [1.54, 1.807) is 0 Å². The van der Waals surface area contributed by atoms with Crippen LogP contribution in [0.3, 0.4) is 0 Å². The SMILES string of the molecule is CN(C)CCCNc1nc(Nc2cc(Cl)ccc2[N+](=O)[O-])cc(C(F)(F)F)n1. The Morgan fingerprint density at radius 3 is 2.57 bits per heavy atom. The molecule has 0 aliphatic carbocycles. The van der Waals surface area contributed by atoms with Gasteiger partial charge in [0.25, 0.3) is 5.69 Å². The number of nitro groups is 1. The maximum absolute atomic E-state index is 13.2. The zero-order valence-electron chi connectivity index (χ0n) is 15.0. The molecule has 1 heterocycles. The molecule has 1 aromatic carbocycles. The molecule has 2 N–H and O–H groups in total. The van der Waals surface area contributed by atoms with Crippen molar-refractivity contribution in [2.24, 2.45) is 0 Å². The predicted molar refractivity (Wildman–Crippen MR) is 100 cm³/mol. The zero-order valence-corrected chi connectivity index (χ0v) is 15.8. The van der Waals surface area contributed by atoms with Crippen LogP contribution in [0.1, 0.15) is 12.1 Å². The number of nitrogens with one attached hydrogen (secondary N) is 2. The van der Waals surface area contributed by atoms with Crippen LogP contribution < -0.4 is 10.6 Å². The minimum Gasteiger partial charge on any atom is -0.354 e. The molecule has 0 radical (unpaired) electrons. The van der Waals surface area contributed by atoms with Crippen LogP contribution >= 0.6 is 11.6 Å². The third kappa shape index (κ3) is 6.20. The minimum atomic E-state index is -4.71. The van der Waals surface area contributed by atoms with Gasteiger partial charge in [-0.2, -0.15) is 18.2 Å². The van der Waals surface area contributed by atoms with E-state index in [1.165, 1.54) is 12.1 Å². The number of aromatic nitrogens is 2. The summed E-state index contributed by atoms with van der Waals surface area (Å²) in [4.78, 5) is 19.8. The van der Waals surface area contributed by atoms with Crippen LogP contribution in [0.15, 0.2) is 24.3 Å². The summed E-state index contributed by atoms with van der Waals surface area (Å²) in [7, 11) is 3.75. The van der Waals surface area contributed by atoms with Gasteiger partial charge in [0, 0.05) is 23.7 Å². The minimum absolute atomic E-state index is 0.0807. The van der Waals surface area contributed by atoms with E-state index in [0.717, 1.165) is 12.6 Å². The lowest BCUT2D eigenvalue weighted by atomic mass is 10.2. The molecule has 0 bridgehead atoms. The molecule has 28 heavy (non-hydrogen) atoms. The Balaban J connectivity index is 2.32. The van der Waals surface area contributed by atoms with Gasteiger partial charge >= 0.3 is 6.18 Å². The molecular formula is C16H18ClF3N6O2. The first kappa shape index (κ1) is 21.6. The highest BCUT2D eigenvalue weighted by atomic mass is 35.5. The van der Waals surface area contributed by atoms with Gasteiger partial charge in [-0.25, -0.2) is 4.98 Å². The number of nitrogens with zero attached hydrogens (tertiary/aromatic N) is 4. The highest BCUT2D eigenvalue weighted by molar-refractivity contribution is 6.31. The van der Waals surface area contributed by atoms with Crippen molar-refractivity contribution < 1.29 is 18.1 Å². The van der Waals surface area contributed by atoms with Crippen LogP contribution in [0.4, 0.5) is 36.3 Å². The largest absolute Gasteiger partial charge is 0.433 e. The van der Waals surface area contributed by atoms with E-state index >= 15 is 0 Å². The molecule has 12 heteroatoms. The summed E-state index contributed by atoms with van der Waals surface area (Å²) in [6, 6.07) is 4.37. The van der Waals surface area contributed by atoms with Gasteiger partial charge in [0.15, 0.2) is 5.69 Å². The van der Waals surface area contributed by atoms with E-state index in [9.17, 15) is 23.3 Å². The fourth-order valence-corrected chi connectivity index (χ4v) is 2.41. The van der Waals surface area contributed by atoms with Gasteiger partial charge in [0.2, 0.25) is 5.95 Å². The molecular weight excluding hydrogens is 401 g/mol. The molecule has 0 fully saturated rings. The van der Waals surface area contributed by atoms with E-state index < -0.39 is 16.8 Å². The number of hydrogen-bond donors (Lipinski definition) is 2. The Morgan fingerprint density at radius 2 is 1.96 bits per heavy atom. The summed E-state index contributed by atoms with van der Waals surface area (Å²) < 4.78 is 39.5. The van der Waals surface area contributed by atoms with Crippen molar-refractivity contribution in [3.05, 3.63) is 45.1 Å². The second kappa shape index (κ2) is 9.02. The van der Waals surface area contributed by atoms with Crippen molar-refractivity contribution in [1.82, 2.24) is 14.9 Å². The summed E-state index contributed by atoms with van der Waals surface area (Å²) >= 11 is 5.84. The first-order valence-electron chi connectivity index (χ1n) is 8.12. The normalized spacial score (nSPS) is 11.5. The number of anilines is 3. The number of benzene rings is 1. The van der Waals surface area contributed by atoms with Crippen LogP contribution in [0, 0.1) is 10.1 Å². The summed E-state index contributed by atoms with van der Waals surface area (Å²) in [6.45, 7) is 1.09. The smallest absolute Gasteiger partial charge is 0.354 e. The Morgan fingerprint density at radius 1 is 1.25 bits per heavy atom. The molecule has 0 atom stereocenters. The molecule has 0 aliphatic heterocycles. The van der Waals surface area contributed by atoms with Gasteiger partial charge in [-0.05, 0) is 39.2 Å². The van der Waals surface area contributed by atoms with Gasteiger partial charge in [0.1, 0.15) is 11.5 Å². The number of hydrogen-bond acceptors (Lipinski definition) is 7. The highest BCUT2D eigenvalue weighted by Crippen LogP contribution is 2.33. The van der Waals surface area contributed by atoms with E-state index in [-0.39, 0.29) is 28.2 Å². The molecule has 0 spiro atoms. The van der Waals surface area contributed by atoms with Crippen LogP contribution in [0.2, 0.25) is 5.02 Å². The van der Waals surface area contributed by atoms with Crippen molar-refractivity contribution in [2.45, 2.75) is 12.6 Å². The summed E-state index contributed by atoms with van der Waals surface area (Å²) in [6.07, 6.45) is -4.05. The average molecular weight is 419 g/mol. The topological polar surface area (TPSA) is 96.2 Å². The molecule has 0 saturated carbocycles. The van der Waals surface area contributed by atoms with Gasteiger partial charge in [-0.1, -0.05) is 11.6 Å². The van der Waals surface area contributed by atoms with Gasteiger partial charge < -0.3 is 15.5 Å². The van der Waals surface area contributed by atoms with Crippen LogP contribution in [0.25, 0.3) is 0 Å². The van der Waals surface area contributed by atoms with Crippen LogP contribution in [0.5, 0.6) is 0 Å². The number of alkyl halides is 3. The van der Waals surface area contributed by atoms with Gasteiger partial charge in [-0.3, -0.25) is 10.1 Å². The van der Waals surface area contributed by atoms with Crippen molar-refractivity contribution in [1.29, 1.82) is 0 Å². The monoisotopic (exact) mass is 418 g/mol. The average Bonchev–Trinajstić information content (AvgIpc) is 2.57. The maximum atomic E-state index is 13.2. The Bertz CT molecular complexity index is 848.